The number of aliphatic imine (C=N–C) groups is 2. The van der Waals surface area contributed by atoms with E-state index >= 15 is 26.3 Å². The van der Waals surface area contributed by atoms with Gasteiger partial charge in [0.15, 0.2) is 0 Å². The molecular formula is C56H27F6N11O19. The van der Waals surface area contributed by atoms with Gasteiger partial charge < -0.3 is 0 Å². The highest BCUT2D eigenvalue weighted by Gasteiger charge is 2.72. The lowest BCUT2D eigenvalue weighted by molar-refractivity contribution is -0.430. The van der Waals surface area contributed by atoms with Crippen molar-refractivity contribution >= 4 is 80.6 Å². The lowest BCUT2D eigenvalue weighted by Crippen LogP contribution is -2.54. The lowest BCUT2D eigenvalue weighted by atomic mass is 9.72. The van der Waals surface area contributed by atoms with Gasteiger partial charge in [0.05, 0.1) is 90.6 Å². The van der Waals surface area contributed by atoms with Crippen molar-refractivity contribution in [2.24, 2.45) is 9.98 Å². The van der Waals surface area contributed by atoms with Crippen LogP contribution in [-0.2, 0) is 10.2 Å². The minimum Gasteiger partial charge on any atom is -0.282 e. The average molecular weight is 1270 g/mol. The van der Waals surface area contributed by atoms with Crippen molar-refractivity contribution in [1.29, 1.82) is 0 Å². The van der Waals surface area contributed by atoms with Crippen molar-refractivity contribution in [2.75, 3.05) is 0 Å². The number of allylic oxidation sites excluding steroid dienone is 9. The third kappa shape index (κ3) is 10.1. The number of halogens is 6. The van der Waals surface area contributed by atoms with E-state index in [0.29, 0.717) is 42.5 Å². The summed E-state index contributed by atoms with van der Waals surface area (Å²) in [6.45, 7) is 2.38. The van der Waals surface area contributed by atoms with Gasteiger partial charge in [0.2, 0.25) is 5.41 Å². The molecule has 6 aliphatic rings. The fraction of sp³-hybridized carbons (Fsp3) is 0.0893. The number of nitrogens with zero attached hydrogens (tertiary/aromatic N) is 11. The van der Waals surface area contributed by atoms with Crippen molar-refractivity contribution in [1.82, 2.24) is 0 Å². The van der Waals surface area contributed by atoms with E-state index in [1.54, 1.807) is 0 Å². The Labute approximate surface area is 503 Å². The Kier molecular flexibility index (Phi) is 14.8. The second kappa shape index (κ2) is 22.0. The zero-order chi connectivity index (χ0) is 67.3. The highest BCUT2D eigenvalue weighted by Crippen LogP contribution is 2.58. The lowest BCUT2D eigenvalue weighted by Gasteiger charge is -2.38. The first-order chi connectivity index (χ1) is 43.1. The molecular weight excluding hydrogens is 1240 g/mol. The number of fused-ring (bicyclic) bond motifs is 9. The van der Waals surface area contributed by atoms with Crippen LogP contribution >= 0.6 is 0 Å². The van der Waals surface area contributed by atoms with Gasteiger partial charge in [-0.05, 0) is 118 Å². The number of Topliss-reactive ketones (excluding diaryl/α,β-unsaturated/α-hetero) is 1. The number of hydrogen-bond donors (Lipinski definition) is 0. The largest absolute Gasteiger partial charge is 0.411 e. The predicted molar refractivity (Wildman–Crippen MR) is 305 cm³/mol. The maximum Gasteiger partial charge on any atom is 0.411 e. The van der Waals surface area contributed by atoms with E-state index in [0.717, 1.165) is 72.8 Å². The maximum absolute atomic E-state index is 15.8. The summed E-state index contributed by atoms with van der Waals surface area (Å²) in [4.78, 5) is 117. The Morgan fingerprint density at radius 1 is 0.359 bits per heavy atom. The molecule has 0 radical (unpaired) electrons. The van der Waals surface area contributed by atoms with E-state index in [1.165, 1.54) is 26.0 Å². The fourth-order valence-electron chi connectivity index (χ4n) is 11.0. The van der Waals surface area contributed by atoms with Crippen LogP contribution < -0.4 is 0 Å². The van der Waals surface area contributed by atoms with Crippen LogP contribution in [0.3, 0.4) is 0 Å². The summed E-state index contributed by atoms with van der Waals surface area (Å²) in [7, 11) is 0. The molecule has 92 heavy (non-hydrogen) atoms. The van der Waals surface area contributed by atoms with Crippen molar-refractivity contribution in [3.63, 3.8) is 0 Å². The van der Waals surface area contributed by atoms with Gasteiger partial charge in [-0.15, -0.1) is 0 Å². The average Bonchev–Trinajstić information content (AvgIpc) is 0.945. The molecule has 5 aromatic rings. The molecule has 0 amide bonds. The van der Waals surface area contributed by atoms with Gasteiger partial charge in [-0.25, -0.2) is 9.98 Å². The maximum atomic E-state index is 15.8. The predicted octanol–water partition coefficient (Wildman–Crippen LogP) is 11.9. The summed E-state index contributed by atoms with van der Waals surface area (Å²) >= 11 is 0. The number of aryl methyl sites for hydroxylation is 2. The summed E-state index contributed by atoms with van der Waals surface area (Å²) in [5.74, 6) is -0.963. The number of hydrogen-bond acceptors (Lipinski definition) is 21. The van der Waals surface area contributed by atoms with Crippen LogP contribution in [0.5, 0.6) is 0 Å². The summed E-state index contributed by atoms with van der Waals surface area (Å²) < 4.78 is 94.7. The van der Waals surface area contributed by atoms with E-state index in [2.05, 4.69) is 9.98 Å². The molecule has 0 bridgehead atoms. The fourth-order valence-corrected chi connectivity index (χ4v) is 11.0. The van der Waals surface area contributed by atoms with Gasteiger partial charge in [0.25, 0.3) is 39.9 Å². The number of non-ortho nitro benzene ring substituents is 3. The van der Waals surface area contributed by atoms with E-state index in [4.69, 9.17) is 0 Å². The molecule has 0 spiro atoms. The van der Waals surface area contributed by atoms with Crippen LogP contribution in [-0.4, -0.2) is 73.9 Å². The standard InChI is InChI=1S/C43H22F6N8O12.C13H5N3O7/c1-19-3-5-23(15-31(19)50-39-29-13-21-11-25(52(58)59)7-9-27(21)37(29)33(54(62)63)17-35(39)56(66)67)41(42(44,45)46,43(47,48)49)24-6-4-20(2)32(16-24)51-40-30-14-22-12-26(53(60)61)8-10-28(22)38(30)34(55(64)65)18-36(40)57(68)69;17-13-9-4-6-3-7(14(18)19)1-2-8(6)12(9)10(15(20)21)5-11(13)16(22)23/h3-18H,1-2H3;1-5H. The van der Waals surface area contributed by atoms with Crippen molar-refractivity contribution in [3.8, 4) is 0 Å². The van der Waals surface area contributed by atoms with Gasteiger partial charge in [0.1, 0.15) is 11.4 Å². The molecule has 0 aliphatic heterocycles. The molecule has 0 N–H and O–H groups in total. The summed E-state index contributed by atoms with van der Waals surface area (Å²) in [6.07, 6.45) is -7.70. The van der Waals surface area contributed by atoms with Crippen LogP contribution in [0.25, 0.3) is 34.9 Å². The highest BCUT2D eigenvalue weighted by molar-refractivity contribution is 6.30. The first-order valence-electron chi connectivity index (χ1n) is 25.4. The monoisotopic (exact) mass is 1270 g/mol. The minimum atomic E-state index is -6.31. The topological polar surface area (TPSA) is 430 Å². The summed E-state index contributed by atoms with van der Waals surface area (Å²) in [5, 5.41) is 105. The second-order valence-electron chi connectivity index (χ2n) is 20.2. The Hall–Kier alpha value is -13.1. The molecule has 0 heterocycles. The Balaban J connectivity index is 0.000000337. The van der Waals surface area contributed by atoms with Gasteiger partial charge in [0, 0.05) is 53.1 Å². The summed E-state index contributed by atoms with van der Waals surface area (Å²) in [5.41, 5.74) is -19.4. The third-order valence-corrected chi connectivity index (χ3v) is 15.1. The zero-order valence-corrected chi connectivity index (χ0v) is 45.6. The smallest absolute Gasteiger partial charge is 0.282 e. The third-order valence-electron chi connectivity index (χ3n) is 15.1. The second-order valence-corrected chi connectivity index (χ2v) is 20.2. The number of nitro groups is 9. The first kappa shape index (κ1) is 62.0. The normalized spacial score (nSPS) is 16.3. The Morgan fingerprint density at radius 3 is 0.957 bits per heavy atom. The van der Waals surface area contributed by atoms with Crippen LogP contribution in [0.1, 0.15) is 55.6 Å². The van der Waals surface area contributed by atoms with Gasteiger partial charge in [-0.3, -0.25) is 95.8 Å². The quantitative estimate of drug-likeness (QED) is 0.0600. The van der Waals surface area contributed by atoms with E-state index < -0.39 is 158 Å². The molecule has 0 saturated carbocycles. The minimum absolute atomic E-state index is 0.0247. The number of rotatable bonds is 13. The molecule has 0 fully saturated rings. The molecule has 0 atom stereocenters. The van der Waals surface area contributed by atoms with Crippen molar-refractivity contribution in [2.45, 2.75) is 31.6 Å². The highest BCUT2D eigenvalue weighted by atomic mass is 19.4. The number of alkyl halides is 6. The number of carbonyl (C=O) groups is 1. The molecule has 30 nitrogen and oxygen atoms in total. The Morgan fingerprint density at radius 2 is 0.663 bits per heavy atom. The molecule has 5 aromatic carbocycles. The molecule has 36 heteroatoms. The van der Waals surface area contributed by atoms with Gasteiger partial charge in [-0.1, -0.05) is 24.3 Å². The molecule has 6 aliphatic carbocycles. The molecule has 0 saturated heterocycles. The van der Waals surface area contributed by atoms with Gasteiger partial charge >= 0.3 is 29.4 Å². The van der Waals surface area contributed by atoms with Crippen LogP contribution in [0, 0.1) is 105 Å². The molecule has 11 rings (SSSR count). The SMILES string of the molecule is Cc1ccc(C(c2ccc(C)c(N=C3C4=Cc5cc([N+](=O)[O-])ccc5C4=C([N+](=O)[O-])C=C3[N+](=O)[O-])c2)(C(F)(F)F)C(F)(F)F)cc1N=C1C2=Cc3cc([N+](=O)[O-])ccc3C2=C([N+](=O)[O-])C=C1[N+](=O)[O-].O=C1C2=Cc3cc([N+](=O)[O-])ccc3C2=C([N+](=O)[O-])C=C1[N+](=O)[O-]. The van der Waals surface area contributed by atoms with Crippen LogP contribution in [0.15, 0.2) is 170 Å². The molecule has 0 aromatic heterocycles. The number of nitro benzene ring substituents is 3. The van der Waals surface area contributed by atoms with Gasteiger partial charge in [-0.2, -0.15) is 26.3 Å². The number of carbonyl (C=O) groups excluding carboxylic acids is 1. The van der Waals surface area contributed by atoms with Crippen molar-refractivity contribution < 1.29 is 75.4 Å². The van der Waals surface area contributed by atoms with Crippen LogP contribution in [0.2, 0.25) is 0 Å². The number of benzene rings is 5. The Bertz CT molecular complexity index is 4610. The van der Waals surface area contributed by atoms with E-state index in [1.807, 2.05) is 0 Å². The van der Waals surface area contributed by atoms with Crippen LogP contribution in [0.4, 0.5) is 54.8 Å². The molecule has 462 valence electrons. The molecule has 0 unspecified atom stereocenters. The first-order valence-corrected chi connectivity index (χ1v) is 25.4. The van der Waals surface area contributed by atoms with Crippen molar-refractivity contribution in [3.05, 3.63) is 307 Å². The zero-order valence-electron chi connectivity index (χ0n) is 45.6. The summed E-state index contributed by atoms with van der Waals surface area (Å²) in [6, 6.07) is 13.1. The number of ketones is 1. The van der Waals surface area contributed by atoms with E-state index in [-0.39, 0.29) is 72.5 Å². The van der Waals surface area contributed by atoms with E-state index in [9.17, 15) is 95.8 Å².